The Balaban J connectivity index is 1.64. The summed E-state index contributed by atoms with van der Waals surface area (Å²) in [5.74, 6) is -0.371. The number of benzene rings is 2. The Morgan fingerprint density at radius 1 is 1.11 bits per heavy atom. The summed E-state index contributed by atoms with van der Waals surface area (Å²) in [5.41, 5.74) is 4.86. The zero-order chi connectivity index (χ0) is 20.3. The molecule has 0 aliphatic carbocycles. The number of carbonyl (C=O) groups is 2. The van der Waals surface area contributed by atoms with Gasteiger partial charge in [-0.05, 0) is 62.3 Å². The zero-order valence-electron chi connectivity index (χ0n) is 16.8. The van der Waals surface area contributed by atoms with Crippen LogP contribution in [0, 0.1) is 13.8 Å². The lowest BCUT2D eigenvalue weighted by atomic mass is 10.0. The molecule has 3 rings (SSSR count). The highest BCUT2D eigenvalue weighted by Gasteiger charge is 2.21. The van der Waals surface area contributed by atoms with Crippen LogP contribution >= 0.6 is 0 Å². The molecule has 2 amide bonds. The van der Waals surface area contributed by atoms with Gasteiger partial charge in [-0.3, -0.25) is 9.59 Å². The van der Waals surface area contributed by atoms with Crippen LogP contribution in [0.5, 0.6) is 5.75 Å². The molecule has 0 bridgehead atoms. The smallest absolute Gasteiger partial charge is 0.313 e. The van der Waals surface area contributed by atoms with Crippen LogP contribution in [0.15, 0.2) is 36.4 Å². The van der Waals surface area contributed by atoms with Gasteiger partial charge in [-0.2, -0.15) is 0 Å². The predicted octanol–water partition coefficient (Wildman–Crippen LogP) is 2.60. The number of fused-ring (bicyclic) bond motifs is 1. The second kappa shape index (κ2) is 8.44. The second-order valence-electron chi connectivity index (χ2n) is 7.43. The Bertz CT molecular complexity index is 893. The first-order chi connectivity index (χ1) is 13.3. The van der Waals surface area contributed by atoms with Gasteiger partial charge < -0.3 is 20.3 Å². The number of ether oxygens (including phenoxy) is 1. The predicted molar refractivity (Wildman–Crippen MR) is 110 cm³/mol. The molecular weight excluding hydrogens is 354 g/mol. The van der Waals surface area contributed by atoms with Crippen LogP contribution in [0.4, 0.5) is 5.69 Å². The van der Waals surface area contributed by atoms with E-state index in [4.69, 9.17) is 4.74 Å². The average Bonchev–Trinajstić information content (AvgIpc) is 3.12. The Labute approximate surface area is 165 Å². The van der Waals surface area contributed by atoms with E-state index in [1.807, 2.05) is 63.2 Å². The normalized spacial score (nSPS) is 13.6. The van der Waals surface area contributed by atoms with Gasteiger partial charge in [0.1, 0.15) is 5.75 Å². The maximum absolute atomic E-state index is 12.3. The van der Waals surface area contributed by atoms with Gasteiger partial charge >= 0.3 is 11.8 Å². The number of hydrogen-bond acceptors (Lipinski definition) is 4. The van der Waals surface area contributed by atoms with E-state index in [-0.39, 0.29) is 6.04 Å². The van der Waals surface area contributed by atoms with Gasteiger partial charge in [0.25, 0.3) is 0 Å². The molecule has 28 heavy (non-hydrogen) atoms. The van der Waals surface area contributed by atoms with E-state index < -0.39 is 11.8 Å². The first kappa shape index (κ1) is 19.9. The maximum atomic E-state index is 12.3. The summed E-state index contributed by atoms with van der Waals surface area (Å²) in [5, 5.41) is 5.46. The van der Waals surface area contributed by atoms with Crippen molar-refractivity contribution in [1.29, 1.82) is 0 Å². The lowest BCUT2D eigenvalue weighted by molar-refractivity contribution is -0.136. The molecule has 0 saturated heterocycles. The number of nitrogens with zero attached hydrogens (tertiary/aromatic N) is 1. The number of hydrogen-bond donors (Lipinski definition) is 2. The van der Waals surface area contributed by atoms with Gasteiger partial charge in [0.2, 0.25) is 0 Å². The Hall–Kier alpha value is -2.86. The molecular formula is C22H27N3O3. The molecule has 2 aromatic rings. The average molecular weight is 381 g/mol. The number of rotatable bonds is 5. The van der Waals surface area contributed by atoms with E-state index in [1.54, 1.807) is 0 Å². The molecule has 1 aliphatic heterocycles. The fourth-order valence-electron chi connectivity index (χ4n) is 3.33. The minimum absolute atomic E-state index is 0.0386. The molecule has 148 valence electrons. The molecule has 1 aliphatic rings. The van der Waals surface area contributed by atoms with Crippen LogP contribution < -0.4 is 15.4 Å². The fourth-order valence-corrected chi connectivity index (χ4v) is 3.33. The van der Waals surface area contributed by atoms with Gasteiger partial charge in [-0.1, -0.05) is 24.3 Å². The highest BCUT2D eigenvalue weighted by Crippen LogP contribution is 2.29. The SMILES string of the molecule is Cc1ccc(C)c(NC(=O)C(=O)NCC(c2ccc3c(c2)CCO3)N(C)C)c1. The van der Waals surface area contributed by atoms with E-state index in [0.717, 1.165) is 28.9 Å². The Morgan fingerprint density at radius 2 is 1.89 bits per heavy atom. The van der Waals surface area contributed by atoms with Gasteiger partial charge in [0.15, 0.2) is 0 Å². The van der Waals surface area contributed by atoms with Crippen LogP contribution in [0.25, 0.3) is 0 Å². The molecule has 0 saturated carbocycles. The number of nitrogens with one attached hydrogen (secondary N) is 2. The second-order valence-corrected chi connectivity index (χ2v) is 7.43. The standard InChI is InChI=1S/C22H27N3O3/c1-14-5-6-15(2)18(11-14)24-22(27)21(26)23-13-19(25(3)4)16-7-8-20-17(12-16)9-10-28-20/h5-8,11-12,19H,9-10,13H2,1-4H3,(H,23,26)(H,24,27). The first-order valence-electron chi connectivity index (χ1n) is 9.43. The molecule has 0 spiro atoms. The van der Waals surface area contributed by atoms with E-state index in [0.29, 0.717) is 18.8 Å². The monoisotopic (exact) mass is 381 g/mol. The first-order valence-corrected chi connectivity index (χ1v) is 9.43. The van der Waals surface area contributed by atoms with Crippen molar-refractivity contribution in [2.24, 2.45) is 0 Å². The molecule has 6 heteroatoms. The quantitative estimate of drug-likeness (QED) is 0.781. The Morgan fingerprint density at radius 3 is 2.64 bits per heavy atom. The van der Waals surface area contributed by atoms with Crippen molar-refractivity contribution in [3.8, 4) is 5.75 Å². The summed E-state index contributed by atoms with van der Waals surface area (Å²) in [6.45, 7) is 4.89. The Kier molecular flexibility index (Phi) is 5.99. The molecule has 0 aromatic heterocycles. The topological polar surface area (TPSA) is 70.7 Å². The number of anilines is 1. The zero-order valence-corrected chi connectivity index (χ0v) is 16.8. The fraction of sp³-hybridized carbons (Fsp3) is 0.364. The van der Waals surface area contributed by atoms with E-state index in [1.165, 1.54) is 5.56 Å². The highest BCUT2D eigenvalue weighted by atomic mass is 16.5. The van der Waals surface area contributed by atoms with Gasteiger partial charge in [0.05, 0.1) is 12.6 Å². The minimum atomic E-state index is -0.659. The van der Waals surface area contributed by atoms with Crippen molar-refractivity contribution in [3.05, 3.63) is 58.7 Å². The molecule has 2 N–H and O–H groups in total. The lowest BCUT2D eigenvalue weighted by Crippen LogP contribution is -2.40. The summed E-state index contributed by atoms with van der Waals surface area (Å²) < 4.78 is 5.56. The largest absolute Gasteiger partial charge is 0.493 e. The van der Waals surface area contributed by atoms with Gasteiger partial charge in [-0.25, -0.2) is 0 Å². The van der Waals surface area contributed by atoms with Crippen LogP contribution in [0.2, 0.25) is 0 Å². The molecule has 1 unspecified atom stereocenters. The van der Waals surface area contributed by atoms with Crippen molar-refractivity contribution in [2.75, 3.05) is 32.6 Å². The lowest BCUT2D eigenvalue weighted by Gasteiger charge is -2.25. The summed E-state index contributed by atoms with van der Waals surface area (Å²) in [6, 6.07) is 11.8. The molecule has 6 nitrogen and oxygen atoms in total. The van der Waals surface area contributed by atoms with Crippen molar-refractivity contribution in [2.45, 2.75) is 26.3 Å². The third kappa shape index (κ3) is 4.51. The van der Waals surface area contributed by atoms with Crippen LogP contribution in [-0.2, 0) is 16.0 Å². The van der Waals surface area contributed by atoms with Crippen LogP contribution in [-0.4, -0.2) is 44.0 Å². The molecule has 0 radical (unpaired) electrons. The number of likely N-dealkylation sites (N-methyl/N-ethyl adjacent to an activating group) is 1. The number of carbonyl (C=O) groups excluding carboxylic acids is 2. The molecule has 1 atom stereocenters. The van der Waals surface area contributed by atoms with Gasteiger partial charge in [0, 0.05) is 18.7 Å². The van der Waals surface area contributed by atoms with Crippen molar-refractivity contribution in [3.63, 3.8) is 0 Å². The van der Waals surface area contributed by atoms with Gasteiger partial charge in [-0.15, -0.1) is 0 Å². The summed E-state index contributed by atoms with van der Waals surface area (Å²) in [7, 11) is 3.91. The number of amides is 2. The van der Waals surface area contributed by atoms with Crippen LogP contribution in [0.1, 0.15) is 28.3 Å². The van der Waals surface area contributed by atoms with E-state index >= 15 is 0 Å². The third-order valence-electron chi connectivity index (χ3n) is 5.03. The molecule has 0 fully saturated rings. The summed E-state index contributed by atoms with van der Waals surface area (Å²) >= 11 is 0. The van der Waals surface area contributed by atoms with E-state index in [2.05, 4.69) is 16.7 Å². The highest BCUT2D eigenvalue weighted by molar-refractivity contribution is 6.39. The minimum Gasteiger partial charge on any atom is -0.493 e. The number of aryl methyl sites for hydroxylation is 2. The third-order valence-corrected chi connectivity index (χ3v) is 5.03. The van der Waals surface area contributed by atoms with Crippen LogP contribution in [0.3, 0.4) is 0 Å². The molecule has 2 aromatic carbocycles. The summed E-state index contributed by atoms with van der Waals surface area (Å²) in [4.78, 5) is 26.7. The summed E-state index contributed by atoms with van der Waals surface area (Å²) in [6.07, 6.45) is 0.897. The molecule has 1 heterocycles. The van der Waals surface area contributed by atoms with Crippen molar-refractivity contribution >= 4 is 17.5 Å². The van der Waals surface area contributed by atoms with Crippen molar-refractivity contribution in [1.82, 2.24) is 10.2 Å². The van der Waals surface area contributed by atoms with E-state index in [9.17, 15) is 9.59 Å². The van der Waals surface area contributed by atoms with Crippen molar-refractivity contribution < 1.29 is 14.3 Å². The maximum Gasteiger partial charge on any atom is 0.313 e.